The fourth-order valence-corrected chi connectivity index (χ4v) is 2.66. The Kier molecular flexibility index (Phi) is 5.10. The number of hydrogen-bond donors (Lipinski definition) is 2. The van der Waals surface area contributed by atoms with Gasteiger partial charge in [-0.2, -0.15) is 16.6 Å². The fraction of sp³-hybridized carbons (Fsp3) is 0.176. The predicted octanol–water partition coefficient (Wildman–Crippen LogP) is 2.66. The summed E-state index contributed by atoms with van der Waals surface area (Å²) in [5.41, 5.74) is 1.01. The Morgan fingerprint density at radius 1 is 1.50 bits per heavy atom. The lowest BCUT2D eigenvalue weighted by Crippen LogP contribution is -2.37. The van der Waals surface area contributed by atoms with E-state index in [-0.39, 0.29) is 12.5 Å². The van der Waals surface area contributed by atoms with E-state index in [4.69, 9.17) is 5.26 Å². The molecule has 112 valence electrons. The van der Waals surface area contributed by atoms with Gasteiger partial charge < -0.3 is 10.4 Å². The summed E-state index contributed by atoms with van der Waals surface area (Å²) in [5, 5.41) is 25.5. The summed E-state index contributed by atoms with van der Waals surface area (Å²) >= 11 is 1.50. The van der Waals surface area contributed by atoms with Gasteiger partial charge in [-0.05, 0) is 53.1 Å². The highest BCUT2D eigenvalue weighted by atomic mass is 32.1. The van der Waals surface area contributed by atoms with Gasteiger partial charge in [-0.3, -0.25) is 4.79 Å². The van der Waals surface area contributed by atoms with Crippen molar-refractivity contribution in [1.29, 1.82) is 5.26 Å². The minimum atomic E-state index is -1.09. The van der Waals surface area contributed by atoms with Crippen LogP contribution in [0.4, 0.5) is 0 Å². The number of aliphatic hydroxyl groups is 1. The molecule has 0 saturated carbocycles. The van der Waals surface area contributed by atoms with Crippen molar-refractivity contribution < 1.29 is 9.90 Å². The molecule has 1 amide bonds. The molecule has 1 aromatic carbocycles. The zero-order valence-electron chi connectivity index (χ0n) is 12.1. The van der Waals surface area contributed by atoms with Crippen LogP contribution in [0.2, 0.25) is 0 Å². The molecule has 0 radical (unpaired) electrons. The van der Waals surface area contributed by atoms with Crippen LogP contribution in [0.5, 0.6) is 0 Å². The molecular formula is C17H16N2O2S. The summed E-state index contributed by atoms with van der Waals surface area (Å²) in [6.45, 7) is 1.79. The first-order chi connectivity index (χ1) is 10.5. The van der Waals surface area contributed by atoms with Crippen molar-refractivity contribution in [3.05, 3.63) is 63.9 Å². The van der Waals surface area contributed by atoms with Gasteiger partial charge in [-0.25, -0.2) is 0 Å². The Labute approximate surface area is 133 Å². The average Bonchev–Trinajstić information content (AvgIpc) is 3.06. The van der Waals surface area contributed by atoms with E-state index in [9.17, 15) is 9.90 Å². The monoisotopic (exact) mass is 312 g/mol. The second-order valence-electron chi connectivity index (χ2n) is 5.07. The number of carbonyl (C=O) groups excluding carboxylic acids is 1. The van der Waals surface area contributed by atoms with Crippen LogP contribution in [0, 0.1) is 11.3 Å². The highest BCUT2D eigenvalue weighted by molar-refractivity contribution is 7.08. The summed E-state index contributed by atoms with van der Waals surface area (Å²) in [5.74, 6) is -0.294. The van der Waals surface area contributed by atoms with Gasteiger partial charge >= 0.3 is 0 Å². The maximum Gasteiger partial charge on any atom is 0.244 e. The highest BCUT2D eigenvalue weighted by Crippen LogP contribution is 2.21. The smallest absolute Gasteiger partial charge is 0.244 e. The molecule has 0 saturated heterocycles. The number of nitrogens with zero attached hydrogens (tertiary/aromatic N) is 1. The van der Waals surface area contributed by atoms with Gasteiger partial charge in [0.15, 0.2) is 0 Å². The minimum absolute atomic E-state index is 0.130. The molecule has 0 bridgehead atoms. The lowest BCUT2D eigenvalue weighted by molar-refractivity contribution is -0.117. The van der Waals surface area contributed by atoms with Crippen LogP contribution in [-0.4, -0.2) is 17.6 Å². The van der Waals surface area contributed by atoms with Gasteiger partial charge in [0.1, 0.15) is 5.60 Å². The van der Waals surface area contributed by atoms with Crippen molar-refractivity contribution in [2.45, 2.75) is 12.5 Å². The van der Waals surface area contributed by atoms with Crippen LogP contribution in [0.15, 0.2) is 47.2 Å². The third-order valence-electron chi connectivity index (χ3n) is 3.19. The van der Waals surface area contributed by atoms with Gasteiger partial charge in [0.25, 0.3) is 0 Å². The topological polar surface area (TPSA) is 73.1 Å². The summed E-state index contributed by atoms with van der Waals surface area (Å²) in [7, 11) is 0. The van der Waals surface area contributed by atoms with E-state index in [0.29, 0.717) is 5.56 Å². The first-order valence-electron chi connectivity index (χ1n) is 6.72. The third-order valence-corrected chi connectivity index (χ3v) is 3.88. The Morgan fingerprint density at radius 2 is 2.32 bits per heavy atom. The maximum absolute atomic E-state index is 11.8. The van der Waals surface area contributed by atoms with E-state index in [1.165, 1.54) is 17.4 Å². The van der Waals surface area contributed by atoms with Crippen LogP contribution < -0.4 is 5.32 Å². The normalized spacial score (nSPS) is 13.5. The Hall–Kier alpha value is -2.42. The van der Waals surface area contributed by atoms with E-state index in [1.54, 1.807) is 31.2 Å². The molecular weight excluding hydrogens is 296 g/mol. The van der Waals surface area contributed by atoms with Crippen LogP contribution in [0.1, 0.15) is 23.6 Å². The summed E-state index contributed by atoms with van der Waals surface area (Å²) in [6, 6.07) is 10.9. The SMILES string of the molecule is C[C@](O)(CNC(=O)/C=C\c1cccc(C#N)c1)c1ccsc1. The molecule has 4 nitrogen and oxygen atoms in total. The number of thiophene rings is 1. The van der Waals surface area contributed by atoms with E-state index in [0.717, 1.165) is 11.1 Å². The summed E-state index contributed by atoms with van der Waals surface area (Å²) in [4.78, 5) is 11.8. The fourth-order valence-electron chi connectivity index (χ4n) is 1.87. The molecule has 1 heterocycles. The lowest BCUT2D eigenvalue weighted by Gasteiger charge is -2.22. The van der Waals surface area contributed by atoms with Crippen molar-refractivity contribution in [3.63, 3.8) is 0 Å². The highest BCUT2D eigenvalue weighted by Gasteiger charge is 2.23. The Balaban J connectivity index is 1.93. The van der Waals surface area contributed by atoms with Gasteiger partial charge in [0.05, 0.1) is 18.2 Å². The Bertz CT molecular complexity index is 713. The predicted molar refractivity (Wildman–Crippen MR) is 87.1 cm³/mol. The first kappa shape index (κ1) is 16.0. The molecule has 22 heavy (non-hydrogen) atoms. The van der Waals surface area contributed by atoms with E-state index < -0.39 is 5.60 Å². The molecule has 0 unspecified atom stereocenters. The van der Waals surface area contributed by atoms with Crippen molar-refractivity contribution in [2.24, 2.45) is 0 Å². The van der Waals surface area contributed by atoms with E-state index in [1.807, 2.05) is 29.0 Å². The number of nitrogens with one attached hydrogen (secondary N) is 1. The molecule has 2 rings (SSSR count). The largest absolute Gasteiger partial charge is 0.384 e. The van der Waals surface area contributed by atoms with Gasteiger partial charge in [0, 0.05) is 6.08 Å². The minimum Gasteiger partial charge on any atom is -0.384 e. The number of hydrogen-bond acceptors (Lipinski definition) is 4. The number of benzene rings is 1. The van der Waals surface area contributed by atoms with Crippen molar-refractivity contribution in [2.75, 3.05) is 6.54 Å². The van der Waals surface area contributed by atoms with Crippen LogP contribution in [0.25, 0.3) is 6.08 Å². The van der Waals surface area contributed by atoms with Crippen molar-refractivity contribution in [1.82, 2.24) is 5.32 Å². The maximum atomic E-state index is 11.8. The molecule has 2 N–H and O–H groups in total. The van der Waals surface area contributed by atoms with Gasteiger partial charge in [0.2, 0.25) is 5.91 Å². The number of nitriles is 1. The summed E-state index contributed by atoms with van der Waals surface area (Å²) < 4.78 is 0. The van der Waals surface area contributed by atoms with Crippen LogP contribution in [-0.2, 0) is 10.4 Å². The number of amides is 1. The number of rotatable bonds is 5. The second kappa shape index (κ2) is 7.03. The molecule has 1 atom stereocenters. The summed E-state index contributed by atoms with van der Waals surface area (Å²) in [6.07, 6.45) is 3.02. The van der Waals surface area contributed by atoms with E-state index in [2.05, 4.69) is 5.32 Å². The second-order valence-corrected chi connectivity index (χ2v) is 5.85. The standard InChI is InChI=1S/C17H16N2O2S/c1-17(21,15-7-8-22-11-15)12-19-16(20)6-5-13-3-2-4-14(9-13)10-18/h2-9,11,21H,12H2,1H3,(H,19,20)/b6-5-/t17-/m0/s1. The van der Waals surface area contributed by atoms with Gasteiger partial charge in [-0.1, -0.05) is 12.1 Å². The quantitative estimate of drug-likeness (QED) is 0.834. The first-order valence-corrected chi connectivity index (χ1v) is 7.67. The Morgan fingerprint density at radius 3 is 3.00 bits per heavy atom. The zero-order valence-corrected chi connectivity index (χ0v) is 12.9. The molecule has 0 aliphatic carbocycles. The zero-order chi connectivity index (χ0) is 16.0. The molecule has 5 heteroatoms. The number of carbonyl (C=O) groups is 1. The van der Waals surface area contributed by atoms with Crippen LogP contribution >= 0.6 is 11.3 Å². The lowest BCUT2D eigenvalue weighted by atomic mass is 9.99. The van der Waals surface area contributed by atoms with Gasteiger partial charge in [-0.15, -0.1) is 0 Å². The van der Waals surface area contributed by atoms with Crippen molar-refractivity contribution >= 4 is 23.3 Å². The molecule has 0 aliphatic heterocycles. The average molecular weight is 312 g/mol. The third kappa shape index (κ3) is 4.29. The van der Waals surface area contributed by atoms with Crippen LogP contribution in [0.3, 0.4) is 0 Å². The molecule has 0 spiro atoms. The molecule has 0 fully saturated rings. The molecule has 1 aromatic heterocycles. The molecule has 2 aromatic rings. The van der Waals surface area contributed by atoms with Crippen molar-refractivity contribution in [3.8, 4) is 6.07 Å². The molecule has 0 aliphatic rings. The van der Waals surface area contributed by atoms with E-state index >= 15 is 0 Å².